The maximum Gasteiger partial charge on any atom is 0.282 e. The van der Waals surface area contributed by atoms with Crippen LogP contribution in [0.25, 0.3) is 0 Å². The van der Waals surface area contributed by atoms with E-state index in [0.717, 1.165) is 12.8 Å². The summed E-state index contributed by atoms with van der Waals surface area (Å²) in [5, 5.41) is 2.52. The van der Waals surface area contributed by atoms with Crippen LogP contribution in [0.4, 0.5) is 14.6 Å². The molecule has 1 aliphatic carbocycles. The Labute approximate surface area is 155 Å². The van der Waals surface area contributed by atoms with Crippen LogP contribution in [-0.2, 0) is 4.79 Å². The molecule has 2 fully saturated rings. The summed E-state index contributed by atoms with van der Waals surface area (Å²) >= 11 is 0. The van der Waals surface area contributed by atoms with E-state index in [-0.39, 0.29) is 23.3 Å². The standard InChI is InChI=1S/C17H23F2N5O3/c1-9(2)12(13(20)25)23-15(26)11-5-21-14(24-7-17(18,19)8-24)16(22-11)27-6-10-3-4-10/h5,9-10,12H,3-4,6-8H2,1-2H3,(H2,20,25)(H,23,26). The number of aromatic nitrogens is 2. The number of carbonyl (C=O) groups is 2. The highest BCUT2D eigenvalue weighted by molar-refractivity contribution is 5.96. The smallest absolute Gasteiger partial charge is 0.282 e. The Morgan fingerprint density at radius 2 is 2.07 bits per heavy atom. The summed E-state index contributed by atoms with van der Waals surface area (Å²) in [6.07, 6.45) is 3.27. The predicted octanol–water partition coefficient (Wildman–Crippen LogP) is 0.960. The van der Waals surface area contributed by atoms with Gasteiger partial charge in [-0.3, -0.25) is 9.59 Å². The number of alkyl halides is 2. The second-order valence-corrected chi connectivity index (χ2v) is 7.45. The first kappa shape index (κ1) is 19.2. The molecule has 1 unspecified atom stereocenters. The zero-order valence-electron chi connectivity index (χ0n) is 15.2. The number of hydrogen-bond acceptors (Lipinski definition) is 6. The Morgan fingerprint density at radius 3 is 2.59 bits per heavy atom. The Balaban J connectivity index is 1.78. The van der Waals surface area contributed by atoms with Crippen molar-refractivity contribution in [3.63, 3.8) is 0 Å². The number of primary amides is 1. The van der Waals surface area contributed by atoms with Gasteiger partial charge in [-0.1, -0.05) is 13.8 Å². The van der Waals surface area contributed by atoms with E-state index in [2.05, 4.69) is 15.3 Å². The molecule has 1 atom stereocenters. The minimum atomic E-state index is -2.77. The minimum absolute atomic E-state index is 0.0465. The molecule has 0 bridgehead atoms. The fourth-order valence-electron chi connectivity index (χ4n) is 2.71. The molecule has 148 valence electrons. The third-order valence-electron chi connectivity index (χ3n) is 4.51. The highest BCUT2D eigenvalue weighted by Gasteiger charge is 2.46. The Morgan fingerprint density at radius 1 is 1.41 bits per heavy atom. The maximum absolute atomic E-state index is 13.2. The normalized spacial score (nSPS) is 19.4. The molecule has 0 spiro atoms. The topological polar surface area (TPSA) is 110 Å². The highest BCUT2D eigenvalue weighted by atomic mass is 19.3. The van der Waals surface area contributed by atoms with Gasteiger partial charge in [0.1, 0.15) is 6.04 Å². The monoisotopic (exact) mass is 383 g/mol. The van der Waals surface area contributed by atoms with E-state index in [1.807, 2.05) is 0 Å². The number of rotatable bonds is 8. The molecule has 2 heterocycles. The molecule has 1 aromatic heterocycles. The zero-order chi connectivity index (χ0) is 19.8. The molecule has 1 saturated carbocycles. The SMILES string of the molecule is CC(C)C(NC(=O)c1cnc(N2CC(F)(F)C2)c(OCC2CC2)n1)C(N)=O. The number of nitrogens with zero attached hydrogens (tertiary/aromatic N) is 3. The van der Waals surface area contributed by atoms with E-state index < -0.39 is 36.9 Å². The molecular weight excluding hydrogens is 360 g/mol. The van der Waals surface area contributed by atoms with Gasteiger partial charge < -0.3 is 20.7 Å². The van der Waals surface area contributed by atoms with Crippen molar-refractivity contribution < 1.29 is 23.1 Å². The fraction of sp³-hybridized carbons (Fsp3) is 0.647. The van der Waals surface area contributed by atoms with Crippen LogP contribution >= 0.6 is 0 Å². The summed E-state index contributed by atoms with van der Waals surface area (Å²) in [6.45, 7) is 2.96. The zero-order valence-corrected chi connectivity index (χ0v) is 15.2. The molecule has 10 heteroatoms. The van der Waals surface area contributed by atoms with Crippen LogP contribution in [0.15, 0.2) is 6.20 Å². The Hall–Kier alpha value is -2.52. The highest BCUT2D eigenvalue weighted by Crippen LogP contribution is 2.36. The van der Waals surface area contributed by atoms with Gasteiger partial charge in [-0.2, -0.15) is 0 Å². The fourth-order valence-corrected chi connectivity index (χ4v) is 2.71. The number of amides is 2. The van der Waals surface area contributed by atoms with Crippen LogP contribution in [0.1, 0.15) is 37.2 Å². The number of halogens is 2. The van der Waals surface area contributed by atoms with Crippen LogP contribution in [0.3, 0.4) is 0 Å². The Kier molecular flexibility index (Phi) is 5.16. The average molecular weight is 383 g/mol. The van der Waals surface area contributed by atoms with E-state index in [4.69, 9.17) is 10.5 Å². The molecule has 0 aromatic carbocycles. The van der Waals surface area contributed by atoms with Crippen LogP contribution < -0.4 is 20.7 Å². The lowest BCUT2D eigenvalue weighted by Crippen LogP contribution is -2.56. The van der Waals surface area contributed by atoms with E-state index in [9.17, 15) is 18.4 Å². The van der Waals surface area contributed by atoms with Crippen molar-refractivity contribution in [2.75, 3.05) is 24.6 Å². The molecule has 1 aliphatic heterocycles. The van der Waals surface area contributed by atoms with Gasteiger partial charge in [0, 0.05) is 0 Å². The average Bonchev–Trinajstić information content (AvgIpc) is 3.39. The molecule has 8 nitrogen and oxygen atoms in total. The minimum Gasteiger partial charge on any atom is -0.475 e. The molecule has 27 heavy (non-hydrogen) atoms. The summed E-state index contributed by atoms with van der Waals surface area (Å²) in [7, 11) is 0. The first-order valence-corrected chi connectivity index (χ1v) is 8.89. The molecule has 3 rings (SSSR count). The summed E-state index contributed by atoms with van der Waals surface area (Å²) in [4.78, 5) is 33.5. The van der Waals surface area contributed by atoms with Gasteiger partial charge in [0.2, 0.25) is 5.91 Å². The van der Waals surface area contributed by atoms with E-state index in [1.54, 1.807) is 13.8 Å². The van der Waals surface area contributed by atoms with E-state index >= 15 is 0 Å². The molecule has 2 amide bonds. The van der Waals surface area contributed by atoms with E-state index in [0.29, 0.717) is 12.5 Å². The van der Waals surface area contributed by atoms with Gasteiger partial charge in [-0.05, 0) is 24.7 Å². The lowest BCUT2D eigenvalue weighted by atomic mass is 10.0. The van der Waals surface area contributed by atoms with Gasteiger partial charge in [0.05, 0.1) is 25.9 Å². The number of hydrogen-bond donors (Lipinski definition) is 2. The lowest BCUT2D eigenvalue weighted by Gasteiger charge is -2.39. The largest absolute Gasteiger partial charge is 0.475 e. The summed E-state index contributed by atoms with van der Waals surface area (Å²) in [5.74, 6) is -3.61. The predicted molar refractivity (Wildman–Crippen MR) is 92.7 cm³/mol. The van der Waals surface area contributed by atoms with Gasteiger partial charge in [0.15, 0.2) is 11.5 Å². The van der Waals surface area contributed by atoms with Gasteiger partial charge in [-0.25, -0.2) is 18.7 Å². The summed E-state index contributed by atoms with van der Waals surface area (Å²) in [6, 6.07) is -0.858. The third-order valence-corrected chi connectivity index (χ3v) is 4.51. The van der Waals surface area contributed by atoms with Gasteiger partial charge in [0.25, 0.3) is 17.7 Å². The first-order chi connectivity index (χ1) is 12.7. The number of carbonyl (C=O) groups excluding carboxylic acids is 2. The summed E-state index contributed by atoms with van der Waals surface area (Å²) < 4.78 is 32.0. The molecule has 1 aromatic rings. The number of anilines is 1. The number of nitrogens with two attached hydrogens (primary N) is 1. The van der Waals surface area contributed by atoms with Crippen molar-refractivity contribution in [3.8, 4) is 5.88 Å². The molecule has 0 radical (unpaired) electrons. The third kappa shape index (κ3) is 4.61. The molecule has 2 aliphatic rings. The molecular formula is C17H23F2N5O3. The molecule has 3 N–H and O–H groups in total. The quantitative estimate of drug-likeness (QED) is 0.692. The van der Waals surface area contributed by atoms with Crippen molar-refractivity contribution in [2.45, 2.75) is 38.7 Å². The van der Waals surface area contributed by atoms with Crippen molar-refractivity contribution in [2.24, 2.45) is 17.6 Å². The van der Waals surface area contributed by atoms with Crippen molar-refractivity contribution in [1.29, 1.82) is 0 Å². The second-order valence-electron chi connectivity index (χ2n) is 7.45. The van der Waals surface area contributed by atoms with Gasteiger partial charge in [-0.15, -0.1) is 0 Å². The van der Waals surface area contributed by atoms with Crippen LogP contribution in [-0.4, -0.2) is 53.4 Å². The lowest BCUT2D eigenvalue weighted by molar-refractivity contribution is -0.120. The van der Waals surface area contributed by atoms with Gasteiger partial charge >= 0.3 is 0 Å². The van der Waals surface area contributed by atoms with Crippen LogP contribution in [0, 0.1) is 11.8 Å². The number of ether oxygens (including phenoxy) is 1. The second kappa shape index (κ2) is 7.24. The van der Waals surface area contributed by atoms with E-state index in [1.165, 1.54) is 11.1 Å². The van der Waals surface area contributed by atoms with Crippen molar-refractivity contribution >= 4 is 17.6 Å². The van der Waals surface area contributed by atoms with Crippen molar-refractivity contribution in [1.82, 2.24) is 15.3 Å². The summed E-state index contributed by atoms with van der Waals surface area (Å²) in [5.41, 5.74) is 5.24. The first-order valence-electron chi connectivity index (χ1n) is 8.89. The number of nitrogens with one attached hydrogen (secondary N) is 1. The van der Waals surface area contributed by atoms with Crippen LogP contribution in [0.5, 0.6) is 5.88 Å². The maximum atomic E-state index is 13.2. The molecule has 1 saturated heterocycles. The Bertz CT molecular complexity index is 731. The van der Waals surface area contributed by atoms with Crippen LogP contribution in [0.2, 0.25) is 0 Å². The van der Waals surface area contributed by atoms with Crippen molar-refractivity contribution in [3.05, 3.63) is 11.9 Å².